The molecule has 0 aliphatic carbocycles. The number of esters is 1. The summed E-state index contributed by atoms with van der Waals surface area (Å²) in [5.41, 5.74) is 0.640. The van der Waals surface area contributed by atoms with Gasteiger partial charge in [-0.2, -0.15) is 0 Å². The van der Waals surface area contributed by atoms with Crippen molar-refractivity contribution in [1.82, 2.24) is 4.90 Å². The van der Waals surface area contributed by atoms with Gasteiger partial charge in [0.1, 0.15) is 6.61 Å². The third kappa shape index (κ3) is 3.12. The molecule has 1 aliphatic rings. The molecule has 0 radical (unpaired) electrons. The number of likely N-dealkylation sites (tertiary alicyclic amines) is 1. The molecule has 1 saturated heterocycles. The summed E-state index contributed by atoms with van der Waals surface area (Å²) in [6.45, 7) is 4.19. The first kappa shape index (κ1) is 12.3. The lowest BCUT2D eigenvalue weighted by atomic mass is 10.3. The molecule has 5 heteroatoms. The Morgan fingerprint density at radius 1 is 1.56 bits per heavy atom. The van der Waals surface area contributed by atoms with Crippen LogP contribution in [0.3, 0.4) is 0 Å². The van der Waals surface area contributed by atoms with Crippen molar-refractivity contribution in [2.75, 3.05) is 20.3 Å². The Kier molecular flexibility index (Phi) is 4.57. The van der Waals surface area contributed by atoms with Gasteiger partial charge < -0.3 is 9.47 Å². The Bertz CT molecular complexity index is 322. The molecule has 0 saturated carbocycles. The van der Waals surface area contributed by atoms with Gasteiger partial charge in [-0.25, -0.2) is 9.59 Å². The summed E-state index contributed by atoms with van der Waals surface area (Å²) in [5, 5.41) is 0. The second-order valence-corrected chi connectivity index (χ2v) is 3.28. The molecule has 5 nitrogen and oxygen atoms in total. The van der Waals surface area contributed by atoms with Crippen molar-refractivity contribution in [1.29, 1.82) is 0 Å². The Morgan fingerprint density at radius 2 is 2.31 bits per heavy atom. The van der Waals surface area contributed by atoms with Gasteiger partial charge in [0.25, 0.3) is 0 Å². The van der Waals surface area contributed by atoms with E-state index in [1.165, 1.54) is 24.2 Å². The number of allylic oxidation sites excluding steroid dienone is 1. The third-order valence-corrected chi connectivity index (χ3v) is 2.19. The molecular formula is C11H15NO4. The molecule has 1 fully saturated rings. The summed E-state index contributed by atoms with van der Waals surface area (Å²) in [5.74, 6) is -0.460. The Hall–Kier alpha value is -1.78. The molecule has 1 aliphatic heterocycles. The molecule has 16 heavy (non-hydrogen) atoms. The maximum absolute atomic E-state index is 11.5. The predicted molar refractivity (Wildman–Crippen MR) is 57.6 cm³/mol. The van der Waals surface area contributed by atoms with Crippen LogP contribution in [0.15, 0.2) is 24.4 Å². The van der Waals surface area contributed by atoms with Crippen LogP contribution in [0.1, 0.15) is 12.8 Å². The van der Waals surface area contributed by atoms with Gasteiger partial charge in [0.05, 0.1) is 7.11 Å². The Labute approximate surface area is 94.3 Å². The van der Waals surface area contributed by atoms with Gasteiger partial charge in [-0.15, -0.1) is 0 Å². The van der Waals surface area contributed by atoms with Crippen LogP contribution in [0, 0.1) is 0 Å². The van der Waals surface area contributed by atoms with Crippen LogP contribution in [-0.4, -0.2) is 37.2 Å². The zero-order valence-electron chi connectivity index (χ0n) is 9.27. The largest absolute Gasteiger partial charge is 0.466 e. The van der Waals surface area contributed by atoms with E-state index in [4.69, 9.17) is 4.74 Å². The first-order valence-corrected chi connectivity index (χ1v) is 5.02. The maximum Gasteiger partial charge on any atom is 0.414 e. The molecule has 0 aromatic rings. The topological polar surface area (TPSA) is 55.8 Å². The maximum atomic E-state index is 11.5. The Morgan fingerprint density at radius 3 is 2.94 bits per heavy atom. The van der Waals surface area contributed by atoms with Crippen LogP contribution < -0.4 is 0 Å². The fraction of sp³-hybridized carbons (Fsp3) is 0.455. The zero-order chi connectivity index (χ0) is 12.0. The van der Waals surface area contributed by atoms with Crippen LogP contribution in [0.5, 0.6) is 0 Å². The zero-order valence-corrected chi connectivity index (χ0v) is 9.27. The lowest BCUT2D eigenvalue weighted by Gasteiger charge is -2.16. The van der Waals surface area contributed by atoms with E-state index in [2.05, 4.69) is 11.3 Å². The standard InChI is InChI=1S/C11H15NO4/c1-3-7-16-11(14)12-6-4-5-9(12)8-10(13)15-2/h3,8H,1,4-7H2,2H3/b9-8+. The van der Waals surface area contributed by atoms with E-state index in [0.717, 1.165) is 6.42 Å². The van der Waals surface area contributed by atoms with Crippen molar-refractivity contribution in [3.8, 4) is 0 Å². The molecule has 0 atom stereocenters. The number of amides is 1. The van der Waals surface area contributed by atoms with Gasteiger partial charge in [-0.3, -0.25) is 4.90 Å². The van der Waals surface area contributed by atoms with Crippen LogP contribution in [0.4, 0.5) is 4.79 Å². The van der Waals surface area contributed by atoms with Gasteiger partial charge in [0, 0.05) is 18.3 Å². The number of rotatable bonds is 3. The van der Waals surface area contributed by atoms with Crippen LogP contribution >= 0.6 is 0 Å². The number of hydrogen-bond acceptors (Lipinski definition) is 4. The highest BCUT2D eigenvalue weighted by molar-refractivity contribution is 5.84. The molecule has 0 aromatic heterocycles. The highest BCUT2D eigenvalue weighted by Gasteiger charge is 2.25. The minimum Gasteiger partial charge on any atom is -0.466 e. The highest BCUT2D eigenvalue weighted by Crippen LogP contribution is 2.21. The van der Waals surface area contributed by atoms with Gasteiger partial charge in [-0.05, 0) is 12.8 Å². The number of methoxy groups -OCH3 is 1. The quantitative estimate of drug-likeness (QED) is 0.414. The molecule has 0 unspecified atom stereocenters. The molecule has 0 spiro atoms. The van der Waals surface area contributed by atoms with Crippen LogP contribution in [0.2, 0.25) is 0 Å². The monoisotopic (exact) mass is 225 g/mol. The van der Waals surface area contributed by atoms with E-state index in [0.29, 0.717) is 18.7 Å². The first-order chi connectivity index (χ1) is 7.69. The number of carbonyl (C=O) groups is 2. The molecule has 0 N–H and O–H groups in total. The summed E-state index contributed by atoms with van der Waals surface area (Å²) >= 11 is 0. The van der Waals surface area contributed by atoms with E-state index in [1.807, 2.05) is 0 Å². The fourth-order valence-electron chi connectivity index (χ4n) is 1.46. The van der Waals surface area contributed by atoms with E-state index < -0.39 is 12.1 Å². The average Bonchev–Trinajstić information content (AvgIpc) is 2.73. The van der Waals surface area contributed by atoms with E-state index in [-0.39, 0.29) is 6.61 Å². The van der Waals surface area contributed by atoms with Gasteiger partial charge >= 0.3 is 12.1 Å². The smallest absolute Gasteiger partial charge is 0.414 e. The summed E-state index contributed by atoms with van der Waals surface area (Å²) in [4.78, 5) is 24.0. The molecular weight excluding hydrogens is 210 g/mol. The number of carbonyl (C=O) groups excluding carboxylic acids is 2. The van der Waals surface area contributed by atoms with Crippen molar-refractivity contribution in [2.45, 2.75) is 12.8 Å². The van der Waals surface area contributed by atoms with Gasteiger partial charge in [0.15, 0.2) is 0 Å². The predicted octanol–water partition coefficient (Wildman–Crippen LogP) is 1.46. The van der Waals surface area contributed by atoms with Crippen molar-refractivity contribution in [3.63, 3.8) is 0 Å². The van der Waals surface area contributed by atoms with Crippen LogP contribution in [0.25, 0.3) is 0 Å². The second kappa shape index (κ2) is 5.95. The normalized spacial score (nSPS) is 17.3. The third-order valence-electron chi connectivity index (χ3n) is 2.19. The van der Waals surface area contributed by atoms with Crippen molar-refractivity contribution >= 4 is 12.1 Å². The molecule has 1 heterocycles. The number of hydrogen-bond donors (Lipinski definition) is 0. The van der Waals surface area contributed by atoms with Gasteiger partial charge in [-0.1, -0.05) is 12.7 Å². The summed E-state index contributed by atoms with van der Waals surface area (Å²) in [6.07, 6.45) is 3.87. The van der Waals surface area contributed by atoms with E-state index in [9.17, 15) is 9.59 Å². The van der Waals surface area contributed by atoms with Crippen molar-refractivity contribution in [3.05, 3.63) is 24.4 Å². The van der Waals surface area contributed by atoms with Crippen molar-refractivity contribution < 1.29 is 19.1 Å². The molecule has 1 amide bonds. The SMILES string of the molecule is C=CCOC(=O)N1CCC/C1=C\C(=O)OC. The lowest BCUT2D eigenvalue weighted by molar-refractivity contribution is -0.134. The van der Waals surface area contributed by atoms with Crippen LogP contribution in [-0.2, 0) is 14.3 Å². The Balaban J connectivity index is 2.64. The minimum atomic E-state index is -0.460. The minimum absolute atomic E-state index is 0.167. The summed E-state index contributed by atoms with van der Waals surface area (Å²) in [7, 11) is 1.30. The fourth-order valence-corrected chi connectivity index (χ4v) is 1.46. The van der Waals surface area contributed by atoms with E-state index >= 15 is 0 Å². The molecule has 0 bridgehead atoms. The second-order valence-electron chi connectivity index (χ2n) is 3.28. The van der Waals surface area contributed by atoms with Gasteiger partial charge in [0.2, 0.25) is 0 Å². The summed E-state index contributed by atoms with van der Waals surface area (Å²) in [6, 6.07) is 0. The van der Waals surface area contributed by atoms with E-state index in [1.54, 1.807) is 0 Å². The average molecular weight is 225 g/mol. The van der Waals surface area contributed by atoms with Crippen molar-refractivity contribution in [2.24, 2.45) is 0 Å². The highest BCUT2D eigenvalue weighted by atomic mass is 16.6. The number of nitrogens with zero attached hydrogens (tertiary/aromatic N) is 1. The molecule has 0 aromatic carbocycles. The lowest BCUT2D eigenvalue weighted by Crippen LogP contribution is -2.27. The summed E-state index contributed by atoms with van der Waals surface area (Å²) < 4.78 is 9.41. The first-order valence-electron chi connectivity index (χ1n) is 5.02. The molecule has 1 rings (SSSR count). The molecule has 88 valence electrons. The number of ether oxygens (including phenoxy) is 2.